The minimum Gasteiger partial charge on any atom is -0.493 e. The van der Waals surface area contributed by atoms with E-state index in [1.165, 1.54) is 0 Å². The van der Waals surface area contributed by atoms with Gasteiger partial charge in [-0.25, -0.2) is 4.68 Å². The van der Waals surface area contributed by atoms with Gasteiger partial charge in [-0.1, -0.05) is 31.5 Å². The first-order valence-electron chi connectivity index (χ1n) is 5.64. The molecule has 0 atom stereocenters. The number of unbranched alkanes of at least 4 members (excludes halogenated alkanes) is 1. The van der Waals surface area contributed by atoms with Gasteiger partial charge in [-0.2, -0.15) is 5.10 Å². The minimum absolute atomic E-state index is 0.206. The number of hydrogen-bond donors (Lipinski definition) is 1. The van der Waals surface area contributed by atoms with Crippen molar-refractivity contribution < 1.29 is 5.11 Å². The third-order valence-corrected chi connectivity index (χ3v) is 2.53. The Bertz CT molecular complexity index is 448. The van der Waals surface area contributed by atoms with Gasteiger partial charge in [-0.15, -0.1) is 0 Å². The molecule has 0 bridgehead atoms. The van der Waals surface area contributed by atoms with Crippen molar-refractivity contribution in [3.8, 4) is 11.6 Å². The fourth-order valence-electron chi connectivity index (χ4n) is 1.66. The number of aromatic nitrogens is 2. The van der Waals surface area contributed by atoms with E-state index in [0.717, 1.165) is 30.6 Å². The second-order valence-electron chi connectivity index (χ2n) is 3.84. The van der Waals surface area contributed by atoms with Gasteiger partial charge in [0.25, 0.3) is 0 Å². The van der Waals surface area contributed by atoms with Gasteiger partial charge in [0.2, 0.25) is 5.88 Å². The summed E-state index contributed by atoms with van der Waals surface area (Å²) >= 11 is 0. The molecule has 0 unspecified atom stereocenters. The number of benzene rings is 1. The van der Waals surface area contributed by atoms with Crippen LogP contribution in [0.15, 0.2) is 36.4 Å². The highest BCUT2D eigenvalue weighted by molar-refractivity contribution is 5.35. The lowest BCUT2D eigenvalue weighted by molar-refractivity contribution is 0.433. The van der Waals surface area contributed by atoms with Crippen molar-refractivity contribution in [1.82, 2.24) is 9.78 Å². The summed E-state index contributed by atoms with van der Waals surface area (Å²) in [5.74, 6) is 0.206. The van der Waals surface area contributed by atoms with E-state index in [2.05, 4.69) is 12.0 Å². The molecule has 2 aromatic rings. The van der Waals surface area contributed by atoms with E-state index < -0.39 is 0 Å². The molecular weight excluding hydrogens is 200 g/mol. The summed E-state index contributed by atoms with van der Waals surface area (Å²) in [6, 6.07) is 11.4. The van der Waals surface area contributed by atoms with Gasteiger partial charge in [0.05, 0.1) is 11.4 Å². The molecule has 0 aliphatic heterocycles. The fraction of sp³-hybridized carbons (Fsp3) is 0.308. The first kappa shape index (κ1) is 10.7. The fourth-order valence-corrected chi connectivity index (χ4v) is 1.66. The standard InChI is InChI=1S/C13H16N2O/c1-2-3-7-11-10-13(16)15(14-11)12-8-5-4-6-9-12/h4-6,8-10,16H,2-3,7H2,1H3. The maximum atomic E-state index is 9.78. The van der Waals surface area contributed by atoms with Crippen molar-refractivity contribution in [2.45, 2.75) is 26.2 Å². The van der Waals surface area contributed by atoms with Crippen molar-refractivity contribution in [3.63, 3.8) is 0 Å². The van der Waals surface area contributed by atoms with E-state index >= 15 is 0 Å². The Kier molecular flexibility index (Phi) is 3.25. The predicted molar refractivity (Wildman–Crippen MR) is 63.8 cm³/mol. The molecule has 0 fully saturated rings. The first-order valence-corrected chi connectivity index (χ1v) is 5.64. The van der Waals surface area contributed by atoms with Gasteiger partial charge in [0.1, 0.15) is 0 Å². The normalized spacial score (nSPS) is 10.6. The Morgan fingerprint density at radius 1 is 1.25 bits per heavy atom. The topological polar surface area (TPSA) is 38.0 Å². The van der Waals surface area contributed by atoms with E-state index in [4.69, 9.17) is 0 Å². The van der Waals surface area contributed by atoms with Crippen LogP contribution in [0.1, 0.15) is 25.5 Å². The Balaban J connectivity index is 2.25. The molecule has 0 radical (unpaired) electrons. The average molecular weight is 216 g/mol. The number of aryl methyl sites for hydroxylation is 1. The lowest BCUT2D eigenvalue weighted by atomic mass is 10.2. The molecule has 3 nitrogen and oxygen atoms in total. The van der Waals surface area contributed by atoms with Gasteiger partial charge in [-0.3, -0.25) is 0 Å². The maximum Gasteiger partial charge on any atom is 0.214 e. The Labute approximate surface area is 95.3 Å². The maximum absolute atomic E-state index is 9.78. The number of rotatable bonds is 4. The Hall–Kier alpha value is -1.77. The largest absolute Gasteiger partial charge is 0.493 e. The molecule has 3 heteroatoms. The quantitative estimate of drug-likeness (QED) is 0.853. The van der Waals surface area contributed by atoms with Crippen LogP contribution in [0, 0.1) is 0 Å². The molecule has 84 valence electrons. The monoisotopic (exact) mass is 216 g/mol. The molecule has 0 aliphatic rings. The van der Waals surface area contributed by atoms with Crippen molar-refractivity contribution in [2.24, 2.45) is 0 Å². The third kappa shape index (κ3) is 2.24. The molecule has 1 aromatic heterocycles. The van der Waals surface area contributed by atoms with Crippen molar-refractivity contribution in [2.75, 3.05) is 0 Å². The van der Waals surface area contributed by atoms with Crippen LogP contribution in [-0.4, -0.2) is 14.9 Å². The summed E-state index contributed by atoms with van der Waals surface area (Å²) in [6.45, 7) is 2.15. The van der Waals surface area contributed by atoms with Crippen LogP contribution in [0.4, 0.5) is 0 Å². The SMILES string of the molecule is CCCCc1cc(O)n(-c2ccccc2)n1. The van der Waals surface area contributed by atoms with Crippen LogP contribution >= 0.6 is 0 Å². The Morgan fingerprint density at radius 2 is 2.00 bits per heavy atom. The molecule has 2 rings (SSSR count). The lowest BCUT2D eigenvalue weighted by Gasteiger charge is -2.01. The van der Waals surface area contributed by atoms with Crippen molar-refractivity contribution >= 4 is 0 Å². The van der Waals surface area contributed by atoms with Crippen LogP contribution in [0.2, 0.25) is 0 Å². The zero-order valence-electron chi connectivity index (χ0n) is 9.43. The lowest BCUT2D eigenvalue weighted by Crippen LogP contribution is -1.96. The highest BCUT2D eigenvalue weighted by atomic mass is 16.3. The zero-order chi connectivity index (χ0) is 11.4. The summed E-state index contributed by atoms with van der Waals surface area (Å²) < 4.78 is 1.57. The van der Waals surface area contributed by atoms with Gasteiger partial charge >= 0.3 is 0 Å². The summed E-state index contributed by atoms with van der Waals surface area (Å²) in [4.78, 5) is 0. The molecule has 0 amide bonds. The number of para-hydroxylation sites is 1. The molecule has 1 heterocycles. The number of aromatic hydroxyl groups is 1. The van der Waals surface area contributed by atoms with E-state index in [1.54, 1.807) is 10.7 Å². The van der Waals surface area contributed by atoms with E-state index in [0.29, 0.717) is 0 Å². The smallest absolute Gasteiger partial charge is 0.214 e. The highest BCUT2D eigenvalue weighted by Gasteiger charge is 2.07. The molecule has 0 saturated carbocycles. The van der Waals surface area contributed by atoms with E-state index in [1.807, 2.05) is 30.3 Å². The van der Waals surface area contributed by atoms with Crippen LogP contribution in [0.3, 0.4) is 0 Å². The first-order chi connectivity index (χ1) is 7.81. The van der Waals surface area contributed by atoms with Gasteiger partial charge in [0, 0.05) is 6.07 Å². The minimum atomic E-state index is 0.206. The molecule has 1 N–H and O–H groups in total. The van der Waals surface area contributed by atoms with Gasteiger partial charge < -0.3 is 5.11 Å². The van der Waals surface area contributed by atoms with E-state index in [-0.39, 0.29) is 5.88 Å². The van der Waals surface area contributed by atoms with Crippen LogP contribution < -0.4 is 0 Å². The summed E-state index contributed by atoms with van der Waals surface area (Å²) in [5, 5.41) is 14.2. The van der Waals surface area contributed by atoms with Gasteiger partial charge in [0.15, 0.2) is 0 Å². The summed E-state index contributed by atoms with van der Waals surface area (Å²) in [5.41, 5.74) is 1.84. The molecule has 0 saturated heterocycles. The van der Waals surface area contributed by atoms with Crippen LogP contribution in [0.25, 0.3) is 5.69 Å². The molecule has 0 aliphatic carbocycles. The Morgan fingerprint density at radius 3 is 2.69 bits per heavy atom. The number of nitrogens with zero attached hydrogens (tertiary/aromatic N) is 2. The van der Waals surface area contributed by atoms with Gasteiger partial charge in [-0.05, 0) is 25.0 Å². The van der Waals surface area contributed by atoms with E-state index in [9.17, 15) is 5.11 Å². The highest BCUT2D eigenvalue weighted by Crippen LogP contribution is 2.18. The summed E-state index contributed by atoms with van der Waals surface area (Å²) in [6.07, 6.45) is 3.16. The molecular formula is C13H16N2O. The van der Waals surface area contributed by atoms with Crippen LogP contribution in [-0.2, 0) is 6.42 Å². The van der Waals surface area contributed by atoms with Crippen molar-refractivity contribution in [1.29, 1.82) is 0 Å². The summed E-state index contributed by atoms with van der Waals surface area (Å²) in [7, 11) is 0. The predicted octanol–water partition coefficient (Wildman–Crippen LogP) is 2.92. The van der Waals surface area contributed by atoms with Crippen LogP contribution in [0.5, 0.6) is 5.88 Å². The second kappa shape index (κ2) is 4.84. The van der Waals surface area contributed by atoms with Crippen molar-refractivity contribution in [3.05, 3.63) is 42.1 Å². The number of hydrogen-bond acceptors (Lipinski definition) is 2. The molecule has 0 spiro atoms. The molecule has 16 heavy (non-hydrogen) atoms. The third-order valence-electron chi connectivity index (χ3n) is 2.53. The second-order valence-corrected chi connectivity index (χ2v) is 3.84. The molecule has 1 aromatic carbocycles. The zero-order valence-corrected chi connectivity index (χ0v) is 9.43. The average Bonchev–Trinajstić information content (AvgIpc) is 2.69.